The normalized spacial score (nSPS) is 20.8. The predicted molar refractivity (Wildman–Crippen MR) is 120 cm³/mol. The third kappa shape index (κ3) is 6.09. The molecular weight excluding hydrogens is 415 g/mol. The number of hydrogen-bond donors (Lipinski definition) is 0. The Kier molecular flexibility index (Phi) is 7.27. The Morgan fingerprint density at radius 2 is 1.94 bits per heavy atom. The van der Waals surface area contributed by atoms with Gasteiger partial charge in [-0.2, -0.15) is 11.8 Å². The van der Waals surface area contributed by atoms with Crippen LogP contribution in [0.4, 0.5) is 4.39 Å². The third-order valence-corrected chi connectivity index (χ3v) is 6.48. The summed E-state index contributed by atoms with van der Waals surface area (Å²) < 4.78 is 33.1. The van der Waals surface area contributed by atoms with E-state index in [1.807, 2.05) is 46.8 Å². The molecule has 164 valence electrons. The Morgan fingerprint density at radius 1 is 1.16 bits per heavy atom. The van der Waals surface area contributed by atoms with Gasteiger partial charge in [-0.3, -0.25) is 0 Å². The first-order valence-corrected chi connectivity index (χ1v) is 11.5. The summed E-state index contributed by atoms with van der Waals surface area (Å²) in [6.45, 7) is 1.14. The molecule has 0 amide bonds. The van der Waals surface area contributed by atoms with Crippen LogP contribution in [0.1, 0.15) is 17.5 Å². The fourth-order valence-corrected chi connectivity index (χ4v) is 4.64. The van der Waals surface area contributed by atoms with Gasteiger partial charge in [0.05, 0.1) is 32.7 Å². The van der Waals surface area contributed by atoms with Gasteiger partial charge in [0.25, 0.3) is 0 Å². The van der Waals surface area contributed by atoms with E-state index in [-0.39, 0.29) is 11.9 Å². The quantitative estimate of drug-likeness (QED) is 0.455. The SMILES string of the molecule is COc1ccc(CSCC2COC(CCc3ccc(F)cc3)(Cn3ccnc3)O2)cc1. The van der Waals surface area contributed by atoms with Crippen molar-refractivity contribution in [2.75, 3.05) is 19.5 Å². The van der Waals surface area contributed by atoms with Gasteiger partial charge in [0, 0.05) is 30.3 Å². The molecule has 2 aromatic carbocycles. The van der Waals surface area contributed by atoms with E-state index in [4.69, 9.17) is 14.2 Å². The number of aromatic nitrogens is 2. The molecule has 2 unspecified atom stereocenters. The third-order valence-electron chi connectivity index (χ3n) is 5.34. The second-order valence-electron chi connectivity index (χ2n) is 7.69. The molecule has 1 aromatic heterocycles. The molecule has 0 spiro atoms. The second-order valence-corrected chi connectivity index (χ2v) is 8.72. The average molecular weight is 443 g/mol. The highest BCUT2D eigenvalue weighted by molar-refractivity contribution is 7.98. The van der Waals surface area contributed by atoms with E-state index in [0.717, 1.165) is 29.2 Å². The average Bonchev–Trinajstić information content (AvgIpc) is 3.45. The Balaban J connectivity index is 1.33. The van der Waals surface area contributed by atoms with E-state index >= 15 is 0 Å². The van der Waals surface area contributed by atoms with Crippen LogP contribution >= 0.6 is 11.8 Å². The van der Waals surface area contributed by atoms with Crippen molar-refractivity contribution in [2.24, 2.45) is 0 Å². The zero-order chi connectivity index (χ0) is 21.5. The van der Waals surface area contributed by atoms with E-state index < -0.39 is 5.79 Å². The van der Waals surface area contributed by atoms with Crippen molar-refractivity contribution in [3.63, 3.8) is 0 Å². The summed E-state index contributed by atoms with van der Waals surface area (Å²) in [6.07, 6.45) is 6.91. The van der Waals surface area contributed by atoms with Gasteiger partial charge in [-0.25, -0.2) is 9.37 Å². The molecule has 3 aromatic rings. The van der Waals surface area contributed by atoms with Crippen molar-refractivity contribution in [3.8, 4) is 5.75 Å². The van der Waals surface area contributed by atoms with E-state index in [1.54, 1.807) is 19.6 Å². The minimum Gasteiger partial charge on any atom is -0.497 e. The highest BCUT2D eigenvalue weighted by atomic mass is 32.2. The van der Waals surface area contributed by atoms with Gasteiger partial charge in [-0.05, 0) is 41.8 Å². The highest BCUT2D eigenvalue weighted by Crippen LogP contribution is 2.32. The van der Waals surface area contributed by atoms with Crippen LogP contribution in [0.15, 0.2) is 67.3 Å². The van der Waals surface area contributed by atoms with Gasteiger partial charge in [0.1, 0.15) is 11.6 Å². The van der Waals surface area contributed by atoms with Gasteiger partial charge in [0.2, 0.25) is 0 Å². The minimum atomic E-state index is -0.708. The van der Waals surface area contributed by atoms with Crippen LogP contribution in [-0.2, 0) is 28.2 Å². The molecule has 2 heterocycles. The van der Waals surface area contributed by atoms with Crippen molar-refractivity contribution in [3.05, 3.63) is 84.2 Å². The number of rotatable bonds is 10. The molecule has 1 fully saturated rings. The molecular formula is C24H27FN2O3S. The molecule has 1 aliphatic heterocycles. The molecule has 1 saturated heterocycles. The molecule has 5 nitrogen and oxygen atoms in total. The summed E-state index contributed by atoms with van der Waals surface area (Å²) >= 11 is 1.84. The van der Waals surface area contributed by atoms with Crippen LogP contribution in [0.2, 0.25) is 0 Å². The lowest BCUT2D eigenvalue weighted by atomic mass is 10.0. The Labute approximate surface area is 186 Å². The maximum atomic E-state index is 13.2. The summed E-state index contributed by atoms with van der Waals surface area (Å²) in [5.41, 5.74) is 2.32. The maximum Gasteiger partial charge on any atom is 0.187 e. The number of methoxy groups -OCH3 is 1. The zero-order valence-electron chi connectivity index (χ0n) is 17.6. The Morgan fingerprint density at radius 3 is 2.65 bits per heavy atom. The van der Waals surface area contributed by atoms with E-state index in [9.17, 15) is 4.39 Å². The van der Waals surface area contributed by atoms with Crippen LogP contribution in [0.3, 0.4) is 0 Å². The number of nitrogens with zero attached hydrogens (tertiary/aromatic N) is 2. The van der Waals surface area contributed by atoms with E-state index in [0.29, 0.717) is 19.6 Å². The predicted octanol–water partition coefficient (Wildman–Crippen LogP) is 4.71. The van der Waals surface area contributed by atoms with E-state index in [2.05, 4.69) is 17.1 Å². The lowest BCUT2D eigenvalue weighted by Crippen LogP contribution is -2.37. The highest BCUT2D eigenvalue weighted by Gasteiger charge is 2.41. The molecule has 2 atom stereocenters. The molecule has 0 saturated carbocycles. The van der Waals surface area contributed by atoms with Crippen molar-refractivity contribution in [1.29, 1.82) is 0 Å². The molecule has 31 heavy (non-hydrogen) atoms. The van der Waals surface area contributed by atoms with Gasteiger partial charge in [-0.1, -0.05) is 24.3 Å². The van der Waals surface area contributed by atoms with Gasteiger partial charge >= 0.3 is 0 Å². The van der Waals surface area contributed by atoms with Crippen molar-refractivity contribution in [1.82, 2.24) is 9.55 Å². The summed E-state index contributed by atoms with van der Waals surface area (Å²) in [5, 5.41) is 0. The van der Waals surface area contributed by atoms with Crippen molar-refractivity contribution >= 4 is 11.8 Å². The van der Waals surface area contributed by atoms with Crippen LogP contribution in [-0.4, -0.2) is 40.9 Å². The monoisotopic (exact) mass is 442 g/mol. The number of hydrogen-bond acceptors (Lipinski definition) is 5. The molecule has 0 N–H and O–H groups in total. The van der Waals surface area contributed by atoms with E-state index in [1.165, 1.54) is 17.7 Å². The molecule has 7 heteroatoms. The summed E-state index contributed by atoms with van der Waals surface area (Å²) in [5.74, 6) is 1.70. The number of ether oxygens (including phenoxy) is 3. The summed E-state index contributed by atoms with van der Waals surface area (Å²) in [4.78, 5) is 4.13. The first kappa shape index (κ1) is 21.9. The fraction of sp³-hybridized carbons (Fsp3) is 0.375. The van der Waals surface area contributed by atoms with Crippen molar-refractivity contribution in [2.45, 2.75) is 37.0 Å². The van der Waals surface area contributed by atoms with Crippen LogP contribution in [0.25, 0.3) is 0 Å². The number of imidazole rings is 1. The molecule has 0 aliphatic carbocycles. The van der Waals surface area contributed by atoms with Gasteiger partial charge < -0.3 is 18.8 Å². The first-order chi connectivity index (χ1) is 15.1. The number of halogens is 1. The molecule has 0 radical (unpaired) electrons. The zero-order valence-corrected chi connectivity index (χ0v) is 18.4. The van der Waals surface area contributed by atoms with Crippen molar-refractivity contribution < 1.29 is 18.6 Å². The fourth-order valence-electron chi connectivity index (χ4n) is 3.67. The lowest BCUT2D eigenvalue weighted by molar-refractivity contribution is -0.180. The second kappa shape index (κ2) is 10.3. The van der Waals surface area contributed by atoms with Gasteiger partial charge in [0.15, 0.2) is 5.79 Å². The summed E-state index contributed by atoms with van der Waals surface area (Å²) in [6, 6.07) is 14.8. The molecule has 1 aliphatic rings. The number of benzene rings is 2. The van der Waals surface area contributed by atoms with Crippen LogP contribution in [0, 0.1) is 5.82 Å². The van der Waals surface area contributed by atoms with Crippen LogP contribution in [0.5, 0.6) is 5.75 Å². The maximum absolute atomic E-state index is 13.2. The first-order valence-electron chi connectivity index (χ1n) is 10.4. The Hall–Kier alpha value is -2.35. The number of thioether (sulfide) groups is 1. The molecule has 0 bridgehead atoms. The smallest absolute Gasteiger partial charge is 0.187 e. The standard InChI is InChI=1S/C24H27FN2O3S/c1-28-22-8-4-20(5-9-22)15-31-16-23-14-29-24(30-23,17-27-13-12-26-18-27)11-10-19-2-6-21(25)7-3-19/h2-9,12-13,18,23H,10-11,14-17H2,1H3. The molecule has 4 rings (SSSR count). The minimum absolute atomic E-state index is 0.0278. The lowest BCUT2D eigenvalue weighted by Gasteiger charge is -2.28. The number of aryl methyl sites for hydroxylation is 1. The topological polar surface area (TPSA) is 45.5 Å². The Bertz CT molecular complexity index is 934. The van der Waals surface area contributed by atoms with Crippen LogP contribution < -0.4 is 4.74 Å². The van der Waals surface area contributed by atoms with Gasteiger partial charge in [-0.15, -0.1) is 0 Å². The largest absolute Gasteiger partial charge is 0.497 e. The summed E-state index contributed by atoms with van der Waals surface area (Å²) in [7, 11) is 1.67.